The summed E-state index contributed by atoms with van der Waals surface area (Å²) in [6.45, 7) is 0.405. The number of nitrogens with two attached hydrogens (primary N) is 1. The molecule has 3 rings (SSSR count). The van der Waals surface area contributed by atoms with Gasteiger partial charge in [-0.1, -0.05) is 60.1 Å². The molecule has 0 atom stereocenters. The summed E-state index contributed by atoms with van der Waals surface area (Å²) in [6, 6.07) is 19.8. The van der Waals surface area contributed by atoms with Gasteiger partial charge in [0.25, 0.3) is 0 Å². The van der Waals surface area contributed by atoms with E-state index in [9.17, 15) is 4.39 Å². The highest BCUT2D eigenvalue weighted by Crippen LogP contribution is 2.35. The largest absolute Gasteiger partial charge is 0.488 e. The van der Waals surface area contributed by atoms with Crippen LogP contribution in [0.4, 0.5) is 10.1 Å². The molecular formula is C19H15ClFNO. The second kappa shape index (κ2) is 6.71. The molecule has 0 bridgehead atoms. The Labute approximate surface area is 139 Å². The molecule has 116 valence electrons. The van der Waals surface area contributed by atoms with Gasteiger partial charge in [0.05, 0.1) is 10.7 Å². The van der Waals surface area contributed by atoms with Gasteiger partial charge in [0.15, 0.2) is 0 Å². The Morgan fingerprint density at radius 2 is 1.61 bits per heavy atom. The summed E-state index contributed by atoms with van der Waals surface area (Å²) in [7, 11) is 0. The quantitative estimate of drug-likeness (QED) is 0.659. The first-order valence-electron chi connectivity index (χ1n) is 7.16. The maximum atomic E-state index is 14.3. The van der Waals surface area contributed by atoms with Crippen molar-refractivity contribution < 1.29 is 9.13 Å². The molecule has 23 heavy (non-hydrogen) atoms. The molecule has 0 fully saturated rings. The molecule has 3 aromatic rings. The fourth-order valence-electron chi connectivity index (χ4n) is 2.32. The predicted octanol–water partition coefficient (Wildman–Crippen LogP) is 5.31. The molecule has 0 aliphatic carbocycles. The number of ether oxygens (including phenoxy) is 1. The molecular weight excluding hydrogens is 313 g/mol. The van der Waals surface area contributed by atoms with Crippen molar-refractivity contribution in [3.63, 3.8) is 0 Å². The van der Waals surface area contributed by atoms with Crippen LogP contribution >= 0.6 is 11.6 Å². The summed E-state index contributed by atoms with van der Waals surface area (Å²) < 4.78 is 20.1. The lowest BCUT2D eigenvalue weighted by Gasteiger charge is -2.13. The first-order valence-corrected chi connectivity index (χ1v) is 7.53. The lowest BCUT2D eigenvalue weighted by molar-refractivity contribution is 0.307. The molecule has 0 heterocycles. The number of hydrogen-bond donors (Lipinski definition) is 1. The Bertz CT molecular complexity index is 821. The second-order valence-electron chi connectivity index (χ2n) is 5.12. The lowest BCUT2D eigenvalue weighted by atomic mass is 10.0. The van der Waals surface area contributed by atoms with E-state index >= 15 is 0 Å². The summed E-state index contributed by atoms with van der Waals surface area (Å²) in [5.74, 6) is 0.166. The molecule has 0 radical (unpaired) electrons. The minimum atomic E-state index is -0.428. The molecule has 0 spiro atoms. The van der Waals surface area contributed by atoms with Crippen LogP contribution in [0.1, 0.15) is 5.56 Å². The third-order valence-corrected chi connectivity index (χ3v) is 3.83. The van der Waals surface area contributed by atoms with E-state index in [0.717, 1.165) is 5.56 Å². The lowest BCUT2D eigenvalue weighted by Crippen LogP contribution is -1.98. The fraction of sp³-hybridized carbons (Fsp3) is 0.0526. The van der Waals surface area contributed by atoms with Gasteiger partial charge in [-0.3, -0.25) is 0 Å². The topological polar surface area (TPSA) is 35.2 Å². The van der Waals surface area contributed by atoms with Crippen molar-refractivity contribution in [3.8, 4) is 16.9 Å². The van der Waals surface area contributed by atoms with Gasteiger partial charge in [0, 0.05) is 11.1 Å². The number of hydrogen-bond acceptors (Lipinski definition) is 2. The highest BCUT2D eigenvalue weighted by atomic mass is 35.5. The molecule has 4 heteroatoms. The zero-order valence-electron chi connectivity index (χ0n) is 12.3. The minimum absolute atomic E-state index is 0.218. The van der Waals surface area contributed by atoms with Crippen LogP contribution in [-0.2, 0) is 6.61 Å². The molecule has 3 aromatic carbocycles. The van der Waals surface area contributed by atoms with Gasteiger partial charge in [-0.2, -0.15) is 0 Å². The number of anilines is 1. The van der Waals surface area contributed by atoms with Gasteiger partial charge in [-0.05, 0) is 23.8 Å². The average Bonchev–Trinajstić information content (AvgIpc) is 2.58. The van der Waals surface area contributed by atoms with Gasteiger partial charge in [0.2, 0.25) is 0 Å². The van der Waals surface area contributed by atoms with Crippen molar-refractivity contribution in [1.29, 1.82) is 0 Å². The predicted molar refractivity (Wildman–Crippen MR) is 92.0 cm³/mol. The van der Waals surface area contributed by atoms with Crippen molar-refractivity contribution in [1.82, 2.24) is 0 Å². The highest BCUT2D eigenvalue weighted by molar-refractivity contribution is 6.33. The van der Waals surface area contributed by atoms with Crippen LogP contribution in [-0.4, -0.2) is 0 Å². The average molecular weight is 328 g/mol. The van der Waals surface area contributed by atoms with E-state index in [1.165, 1.54) is 12.1 Å². The van der Waals surface area contributed by atoms with E-state index in [0.29, 0.717) is 28.5 Å². The standard InChI is InChI=1S/C19H15ClFNO/c20-16-10-15(17(21)11-18(16)22)14-8-4-5-9-19(14)23-12-13-6-2-1-3-7-13/h1-11H,12,22H2. The first kappa shape index (κ1) is 15.4. The number of rotatable bonds is 4. The Kier molecular flexibility index (Phi) is 4.49. The van der Waals surface area contributed by atoms with Crippen LogP contribution in [0.15, 0.2) is 66.7 Å². The molecule has 2 N–H and O–H groups in total. The molecule has 0 saturated carbocycles. The summed E-state index contributed by atoms with van der Waals surface area (Å²) in [4.78, 5) is 0. The number of halogens is 2. The molecule has 0 amide bonds. The van der Waals surface area contributed by atoms with Crippen molar-refractivity contribution in [2.75, 3.05) is 5.73 Å². The van der Waals surface area contributed by atoms with E-state index in [4.69, 9.17) is 22.1 Å². The third-order valence-electron chi connectivity index (χ3n) is 3.50. The minimum Gasteiger partial charge on any atom is -0.488 e. The van der Waals surface area contributed by atoms with Crippen LogP contribution in [0.2, 0.25) is 5.02 Å². The normalized spacial score (nSPS) is 10.5. The fourth-order valence-corrected chi connectivity index (χ4v) is 2.48. The zero-order chi connectivity index (χ0) is 16.2. The van der Waals surface area contributed by atoms with Crippen molar-refractivity contribution >= 4 is 17.3 Å². The maximum Gasteiger partial charge on any atom is 0.133 e. The van der Waals surface area contributed by atoms with Crippen LogP contribution in [0.3, 0.4) is 0 Å². The van der Waals surface area contributed by atoms with Crippen molar-refractivity contribution in [2.24, 2.45) is 0 Å². The monoisotopic (exact) mass is 327 g/mol. The van der Waals surface area contributed by atoms with Gasteiger partial charge in [-0.25, -0.2) is 4.39 Å². The van der Waals surface area contributed by atoms with E-state index in [1.54, 1.807) is 6.07 Å². The number of benzene rings is 3. The first-order chi connectivity index (χ1) is 11.1. The summed E-state index contributed by atoms with van der Waals surface area (Å²) in [6.07, 6.45) is 0. The van der Waals surface area contributed by atoms with Gasteiger partial charge >= 0.3 is 0 Å². The zero-order valence-corrected chi connectivity index (χ0v) is 13.1. The van der Waals surface area contributed by atoms with Gasteiger partial charge in [-0.15, -0.1) is 0 Å². The van der Waals surface area contributed by atoms with Crippen LogP contribution in [0.5, 0.6) is 5.75 Å². The molecule has 0 aromatic heterocycles. The van der Waals surface area contributed by atoms with Crippen molar-refractivity contribution in [3.05, 3.63) is 83.1 Å². The maximum absolute atomic E-state index is 14.3. The third kappa shape index (κ3) is 3.46. The van der Waals surface area contributed by atoms with Crippen LogP contribution in [0.25, 0.3) is 11.1 Å². The summed E-state index contributed by atoms with van der Waals surface area (Å²) in [5, 5.41) is 0.319. The van der Waals surface area contributed by atoms with Gasteiger partial charge < -0.3 is 10.5 Å². The van der Waals surface area contributed by atoms with E-state index in [1.807, 2.05) is 48.5 Å². The molecule has 0 aliphatic rings. The Morgan fingerprint density at radius 1 is 0.913 bits per heavy atom. The van der Waals surface area contributed by atoms with E-state index < -0.39 is 5.82 Å². The van der Waals surface area contributed by atoms with Crippen LogP contribution in [0, 0.1) is 5.82 Å². The molecule has 0 saturated heterocycles. The van der Waals surface area contributed by atoms with E-state index in [-0.39, 0.29) is 5.69 Å². The highest BCUT2D eigenvalue weighted by Gasteiger charge is 2.13. The Balaban J connectivity index is 1.94. The summed E-state index contributed by atoms with van der Waals surface area (Å²) in [5.41, 5.74) is 7.91. The second-order valence-corrected chi connectivity index (χ2v) is 5.53. The molecule has 0 unspecified atom stereocenters. The SMILES string of the molecule is Nc1cc(F)c(-c2ccccc2OCc2ccccc2)cc1Cl. The smallest absolute Gasteiger partial charge is 0.133 e. The van der Waals surface area contributed by atoms with Crippen molar-refractivity contribution in [2.45, 2.75) is 6.61 Å². The van der Waals surface area contributed by atoms with Crippen LogP contribution < -0.4 is 10.5 Å². The number of para-hydroxylation sites is 1. The Morgan fingerprint density at radius 3 is 2.39 bits per heavy atom. The number of nitrogen functional groups attached to an aromatic ring is 1. The summed E-state index contributed by atoms with van der Waals surface area (Å²) >= 11 is 6.03. The Hall–Kier alpha value is -2.52. The van der Waals surface area contributed by atoms with Gasteiger partial charge in [0.1, 0.15) is 18.2 Å². The van der Waals surface area contributed by atoms with E-state index in [2.05, 4.69) is 0 Å². The molecule has 0 aliphatic heterocycles. The molecule has 2 nitrogen and oxygen atoms in total.